The number of amides is 2. The van der Waals surface area contributed by atoms with E-state index in [2.05, 4.69) is 30.4 Å². The van der Waals surface area contributed by atoms with Crippen molar-refractivity contribution in [1.82, 2.24) is 29.7 Å². The smallest absolute Gasteiger partial charge is 0.276 e. The first-order valence-electron chi connectivity index (χ1n) is 14.6. The molecule has 6 rings (SSSR count). The van der Waals surface area contributed by atoms with Gasteiger partial charge in [-0.2, -0.15) is 5.10 Å². The molecule has 2 amide bonds. The molecule has 1 aromatic carbocycles. The molecule has 3 aromatic heterocycles. The summed E-state index contributed by atoms with van der Waals surface area (Å²) in [6.45, 7) is 7.81. The van der Waals surface area contributed by atoms with E-state index in [-0.39, 0.29) is 46.6 Å². The number of hydrogen-bond donors (Lipinski definition) is 1. The molecule has 1 saturated carbocycles. The topological polar surface area (TPSA) is 128 Å². The molecule has 4 aromatic rings. The van der Waals surface area contributed by atoms with Crippen LogP contribution in [-0.2, 0) is 16.1 Å². The highest BCUT2D eigenvalue weighted by atomic mass is 35.5. The summed E-state index contributed by atoms with van der Waals surface area (Å²) < 4.78 is 50.1. The Hall–Kier alpha value is -4.43. The Morgan fingerprint density at radius 1 is 1.15 bits per heavy atom. The summed E-state index contributed by atoms with van der Waals surface area (Å²) in [7, 11) is 0. The molecule has 0 spiro atoms. The fraction of sp³-hybridized carbons (Fsp3) is 0.387. The van der Waals surface area contributed by atoms with Crippen molar-refractivity contribution in [2.45, 2.75) is 58.8 Å². The number of benzene rings is 1. The van der Waals surface area contributed by atoms with Crippen LogP contribution in [0, 0.1) is 17.7 Å². The summed E-state index contributed by atoms with van der Waals surface area (Å²) in [4.78, 5) is 44.8. The van der Waals surface area contributed by atoms with E-state index >= 15 is 4.39 Å². The highest BCUT2D eigenvalue weighted by Crippen LogP contribution is 2.46. The Kier molecular flexibility index (Phi) is 8.27. The van der Waals surface area contributed by atoms with Crippen LogP contribution in [0.15, 0.2) is 43.1 Å². The van der Waals surface area contributed by atoms with Crippen LogP contribution in [0.1, 0.15) is 73.9 Å². The lowest BCUT2D eigenvalue weighted by atomic mass is 10.0. The van der Waals surface area contributed by atoms with Crippen molar-refractivity contribution in [3.05, 3.63) is 76.5 Å². The predicted octanol–water partition coefficient (Wildman–Crippen LogP) is 6.02. The maximum atomic E-state index is 15.1. The van der Waals surface area contributed by atoms with Gasteiger partial charge >= 0.3 is 0 Å². The maximum Gasteiger partial charge on any atom is 0.276 e. The third kappa shape index (κ3) is 6.31. The molecule has 11 nitrogen and oxygen atoms in total. The number of carbonyl (C=O) groups excluding carboxylic acids is 2. The van der Waals surface area contributed by atoms with Gasteiger partial charge in [0.05, 0.1) is 52.7 Å². The van der Waals surface area contributed by atoms with E-state index in [4.69, 9.17) is 16.3 Å². The number of nitrogens with zero attached hydrogens (tertiary/aromatic N) is 7. The van der Waals surface area contributed by atoms with Gasteiger partial charge in [-0.3, -0.25) is 24.2 Å². The quantitative estimate of drug-likeness (QED) is 0.232. The van der Waals surface area contributed by atoms with E-state index in [1.165, 1.54) is 6.20 Å². The zero-order chi connectivity index (χ0) is 32.9. The van der Waals surface area contributed by atoms with Crippen LogP contribution in [0.4, 0.5) is 24.8 Å². The molecule has 2 aliphatic rings. The molecule has 4 heterocycles. The van der Waals surface area contributed by atoms with Gasteiger partial charge in [0, 0.05) is 47.7 Å². The average Bonchev–Trinajstić information content (AvgIpc) is 3.52. The van der Waals surface area contributed by atoms with Crippen LogP contribution in [-0.4, -0.2) is 53.7 Å². The number of aromatic nitrogens is 6. The van der Waals surface area contributed by atoms with Gasteiger partial charge in [0.25, 0.3) is 12.3 Å². The van der Waals surface area contributed by atoms with E-state index in [0.29, 0.717) is 24.1 Å². The Morgan fingerprint density at radius 3 is 2.54 bits per heavy atom. The summed E-state index contributed by atoms with van der Waals surface area (Å²) >= 11 is 5.90. The minimum Gasteiger partial charge on any atom is -0.369 e. The number of hydrogen-bond acceptors (Lipinski definition) is 8. The first-order chi connectivity index (χ1) is 21.8. The summed E-state index contributed by atoms with van der Waals surface area (Å²) in [5.74, 6) is -0.909. The van der Waals surface area contributed by atoms with Crippen LogP contribution in [0.25, 0.3) is 11.3 Å². The second kappa shape index (κ2) is 12.1. The van der Waals surface area contributed by atoms with Crippen molar-refractivity contribution in [1.29, 1.82) is 0 Å². The Morgan fingerprint density at radius 2 is 1.89 bits per heavy atom. The van der Waals surface area contributed by atoms with Crippen LogP contribution in [0.3, 0.4) is 0 Å². The molecule has 2 fully saturated rings. The van der Waals surface area contributed by atoms with E-state index in [1.807, 2.05) is 27.7 Å². The maximum absolute atomic E-state index is 15.1. The van der Waals surface area contributed by atoms with E-state index < -0.39 is 34.9 Å². The molecule has 15 heteroatoms. The fourth-order valence-corrected chi connectivity index (χ4v) is 5.37. The molecule has 3 atom stereocenters. The molecular formula is C31H30ClF3N8O3. The van der Waals surface area contributed by atoms with Gasteiger partial charge in [0.15, 0.2) is 11.5 Å². The van der Waals surface area contributed by atoms with Gasteiger partial charge in [-0.25, -0.2) is 28.1 Å². The number of halogens is 4. The number of ether oxygens (including phenoxy) is 1. The number of anilines is 2. The number of alkyl halides is 2. The monoisotopic (exact) mass is 654 g/mol. The van der Waals surface area contributed by atoms with Crippen LogP contribution >= 0.6 is 11.6 Å². The number of fused-ring (bicyclic) bond motifs is 1. The van der Waals surface area contributed by atoms with Gasteiger partial charge in [0.2, 0.25) is 11.9 Å². The normalized spacial score (nSPS) is 18.2. The number of carbonyl (C=O) groups is 2. The van der Waals surface area contributed by atoms with Gasteiger partial charge in [0.1, 0.15) is 0 Å². The minimum absolute atomic E-state index is 0.0637. The molecule has 0 unspecified atom stereocenters. The zero-order valence-electron chi connectivity index (χ0n) is 25.3. The van der Waals surface area contributed by atoms with Crippen molar-refractivity contribution < 1.29 is 27.5 Å². The van der Waals surface area contributed by atoms with Gasteiger partial charge in [-0.1, -0.05) is 17.7 Å². The summed E-state index contributed by atoms with van der Waals surface area (Å²) in [6.07, 6.45) is 5.29. The second-order valence-corrected chi connectivity index (χ2v) is 12.7. The molecule has 240 valence electrons. The lowest BCUT2D eigenvalue weighted by Gasteiger charge is -2.20. The predicted molar refractivity (Wildman–Crippen MR) is 162 cm³/mol. The van der Waals surface area contributed by atoms with E-state index in [9.17, 15) is 18.4 Å². The van der Waals surface area contributed by atoms with E-state index in [1.54, 1.807) is 28.2 Å². The van der Waals surface area contributed by atoms with Gasteiger partial charge in [-0.05, 0) is 46.1 Å². The minimum atomic E-state index is -3.03. The van der Waals surface area contributed by atoms with Crippen LogP contribution in [0.2, 0.25) is 5.02 Å². The Labute approximate surface area is 267 Å². The van der Waals surface area contributed by atoms with Crippen molar-refractivity contribution in [2.24, 2.45) is 11.8 Å². The summed E-state index contributed by atoms with van der Waals surface area (Å²) in [5, 5.41) is 6.67. The number of rotatable bonds is 9. The molecular weight excluding hydrogens is 625 g/mol. The fourth-order valence-electron chi connectivity index (χ4n) is 5.21. The number of nitrogens with one attached hydrogen (secondary N) is 1. The third-order valence-electron chi connectivity index (χ3n) is 7.88. The lowest BCUT2D eigenvalue weighted by Crippen LogP contribution is -2.29. The standard InChI is InChI=1S/C31H30ClF3N8O3/c1-15(17-8-37-30(38-9-17)42-12-16-7-20(16)29(42)45)43-13-18(10-39-43)40-28(44)26-23(14-46-31(2,3)4)36-11-22(41-26)24-19(27(34)35)5-6-21(32)25(24)33/h5-6,8-11,13,15-16,20,27H,7,12,14H2,1-4H3,(H,40,44)/t15-,16+,20+/m0/s1. The second-order valence-electron chi connectivity index (χ2n) is 12.3. The molecule has 0 radical (unpaired) electrons. The number of piperidine rings is 1. The van der Waals surface area contributed by atoms with Gasteiger partial charge in [-0.15, -0.1) is 0 Å². The van der Waals surface area contributed by atoms with Crippen LogP contribution in [0.5, 0.6) is 0 Å². The molecule has 1 N–H and O–H groups in total. The largest absolute Gasteiger partial charge is 0.369 e. The first-order valence-corrected chi connectivity index (χ1v) is 14.9. The molecule has 0 bridgehead atoms. The average molecular weight is 655 g/mol. The van der Waals surface area contributed by atoms with Crippen molar-refractivity contribution >= 4 is 35.1 Å². The zero-order valence-corrected chi connectivity index (χ0v) is 26.1. The van der Waals surface area contributed by atoms with Crippen LogP contribution < -0.4 is 10.2 Å². The lowest BCUT2D eigenvalue weighted by molar-refractivity contribution is -0.118. The molecule has 1 aliphatic carbocycles. The molecule has 1 aliphatic heterocycles. The summed E-state index contributed by atoms with van der Waals surface area (Å²) in [6, 6.07) is 1.70. The first kappa shape index (κ1) is 31.5. The molecule has 1 saturated heterocycles. The van der Waals surface area contributed by atoms with Crippen molar-refractivity contribution in [2.75, 3.05) is 16.8 Å². The van der Waals surface area contributed by atoms with Crippen molar-refractivity contribution in [3.8, 4) is 11.3 Å². The van der Waals surface area contributed by atoms with E-state index in [0.717, 1.165) is 30.3 Å². The highest BCUT2D eigenvalue weighted by Gasteiger charge is 2.53. The molecule has 46 heavy (non-hydrogen) atoms. The Bertz CT molecular complexity index is 1810. The highest BCUT2D eigenvalue weighted by molar-refractivity contribution is 6.31. The third-order valence-corrected chi connectivity index (χ3v) is 8.18. The SMILES string of the molecule is C[C@@H](c1cnc(N2C[C@H]3C[C@H]3C2=O)nc1)n1cc(NC(=O)c2nc(-c3c(C(F)F)ccc(Cl)c3F)cnc2COC(C)(C)C)cn1. The Balaban J connectivity index is 1.24. The van der Waals surface area contributed by atoms with Gasteiger partial charge < -0.3 is 10.1 Å². The summed E-state index contributed by atoms with van der Waals surface area (Å²) in [5.41, 5.74) is -1.19. The van der Waals surface area contributed by atoms with Crippen molar-refractivity contribution in [3.63, 3.8) is 0 Å².